The third-order valence-electron chi connectivity index (χ3n) is 6.05. The molecule has 0 saturated heterocycles. The van der Waals surface area contributed by atoms with Gasteiger partial charge in [-0.25, -0.2) is 0 Å². The van der Waals surface area contributed by atoms with Crippen LogP contribution in [0, 0.1) is 11.8 Å². The van der Waals surface area contributed by atoms with Crippen molar-refractivity contribution in [2.24, 2.45) is 11.8 Å². The van der Waals surface area contributed by atoms with Crippen molar-refractivity contribution in [3.05, 3.63) is 76.5 Å². The first kappa shape index (κ1) is 27.1. The van der Waals surface area contributed by atoms with Gasteiger partial charge >= 0.3 is 0 Å². The molecule has 1 aliphatic carbocycles. The number of carbonyl (C=O) groups excluding carboxylic acids is 2. The molecule has 0 aliphatic heterocycles. The Morgan fingerprint density at radius 3 is 2.20 bits per heavy atom. The number of benzene rings is 2. The molecule has 2 aromatic carbocycles. The third-order valence-corrected chi connectivity index (χ3v) is 6.82. The topological polar surface area (TPSA) is 90.5 Å². The zero-order chi connectivity index (χ0) is 25.4. The summed E-state index contributed by atoms with van der Waals surface area (Å²) in [6, 6.07) is 15.5. The standard InChI is InChI=1S/C27H33Cl2N3O3/c1-17(2)8-15-22(24(29)25(32-35)19-11-12-19)26(33)31-23(16-18-9-13-20(28)14-10-18)27(34)30-21-6-4-3-5-7-21/h3-7,9-10,13-14,17,22-24,32,35H,8,11-12,15-16H2,1-2H3,(H,30,34)(H,31,33)/t22-,23+,24-/m1/s1. The van der Waals surface area contributed by atoms with E-state index in [1.807, 2.05) is 30.3 Å². The Kier molecular flexibility index (Phi) is 10.0. The van der Waals surface area contributed by atoms with Crippen LogP contribution < -0.4 is 16.1 Å². The van der Waals surface area contributed by atoms with Crippen LogP contribution in [0.1, 0.15) is 45.1 Å². The average Bonchev–Trinajstić information content (AvgIpc) is 3.66. The minimum absolute atomic E-state index is 0.289. The van der Waals surface area contributed by atoms with Gasteiger partial charge in [-0.05, 0) is 60.6 Å². The molecule has 0 aromatic heterocycles. The van der Waals surface area contributed by atoms with E-state index >= 15 is 0 Å². The molecule has 0 heterocycles. The smallest absolute Gasteiger partial charge is 0.247 e. The molecule has 35 heavy (non-hydrogen) atoms. The van der Waals surface area contributed by atoms with Crippen LogP contribution in [0.4, 0.5) is 5.69 Å². The number of halogens is 2. The number of nitrogens with one attached hydrogen (secondary N) is 3. The number of alkyl halides is 1. The highest BCUT2D eigenvalue weighted by Gasteiger charge is 2.35. The Bertz CT molecular complexity index is 1020. The van der Waals surface area contributed by atoms with Gasteiger partial charge in [-0.2, -0.15) is 0 Å². The lowest BCUT2D eigenvalue weighted by Gasteiger charge is -2.27. The highest BCUT2D eigenvalue weighted by molar-refractivity contribution is 6.30. The molecule has 1 fully saturated rings. The fourth-order valence-electron chi connectivity index (χ4n) is 3.89. The zero-order valence-electron chi connectivity index (χ0n) is 20.1. The van der Waals surface area contributed by atoms with Crippen molar-refractivity contribution in [3.63, 3.8) is 0 Å². The zero-order valence-corrected chi connectivity index (χ0v) is 21.6. The number of carbonyl (C=O) groups is 2. The van der Waals surface area contributed by atoms with E-state index in [0.29, 0.717) is 28.7 Å². The maximum absolute atomic E-state index is 13.5. The first-order chi connectivity index (χ1) is 16.8. The summed E-state index contributed by atoms with van der Waals surface area (Å²) in [4.78, 5) is 26.8. The number of hydroxylamine groups is 1. The Balaban J connectivity index is 1.82. The second kappa shape index (κ2) is 13.0. The Morgan fingerprint density at radius 1 is 0.971 bits per heavy atom. The molecule has 1 saturated carbocycles. The highest BCUT2D eigenvalue weighted by atomic mass is 35.5. The molecule has 8 heteroatoms. The maximum Gasteiger partial charge on any atom is 0.247 e. The van der Waals surface area contributed by atoms with Crippen LogP contribution in [0.25, 0.3) is 0 Å². The largest absolute Gasteiger partial charge is 0.344 e. The van der Waals surface area contributed by atoms with Gasteiger partial charge in [0.25, 0.3) is 0 Å². The summed E-state index contributed by atoms with van der Waals surface area (Å²) in [5.74, 6) is -0.880. The molecule has 0 radical (unpaired) electrons. The van der Waals surface area contributed by atoms with E-state index in [1.165, 1.54) is 0 Å². The normalized spacial score (nSPS) is 15.2. The van der Waals surface area contributed by atoms with Gasteiger partial charge in [-0.15, -0.1) is 11.6 Å². The molecule has 1 aliphatic rings. The molecule has 6 nitrogen and oxygen atoms in total. The maximum atomic E-state index is 13.5. The van der Waals surface area contributed by atoms with Crippen molar-refractivity contribution < 1.29 is 14.8 Å². The molecule has 0 spiro atoms. The van der Waals surface area contributed by atoms with Crippen LogP contribution in [0.15, 0.2) is 65.9 Å². The van der Waals surface area contributed by atoms with E-state index in [2.05, 4.69) is 30.0 Å². The molecular weight excluding hydrogens is 485 g/mol. The molecule has 2 aromatic rings. The number of amides is 2. The van der Waals surface area contributed by atoms with E-state index in [4.69, 9.17) is 23.2 Å². The minimum atomic E-state index is -0.826. The minimum Gasteiger partial charge on any atom is -0.344 e. The summed E-state index contributed by atoms with van der Waals surface area (Å²) in [7, 11) is 0. The van der Waals surface area contributed by atoms with Gasteiger partial charge in [-0.3, -0.25) is 20.3 Å². The van der Waals surface area contributed by atoms with Gasteiger partial charge in [-0.1, -0.05) is 62.2 Å². The first-order valence-electron chi connectivity index (χ1n) is 11.9. The summed E-state index contributed by atoms with van der Waals surface area (Å²) in [5.41, 5.74) is 5.24. The van der Waals surface area contributed by atoms with Gasteiger partial charge in [0.1, 0.15) is 6.04 Å². The molecule has 0 bridgehead atoms. The molecule has 188 valence electrons. The van der Waals surface area contributed by atoms with Gasteiger partial charge < -0.3 is 10.6 Å². The summed E-state index contributed by atoms with van der Waals surface area (Å²) in [6.45, 7) is 4.17. The SMILES string of the molecule is CC(C)CC[C@@H](C(=O)N[C@@H](Cc1ccc(Cl)cc1)C(=O)Nc1ccccc1)[C@@H](Cl)C(NO)=C1CC1. The third kappa shape index (κ3) is 8.27. The van der Waals surface area contributed by atoms with E-state index in [0.717, 1.165) is 30.4 Å². The number of allylic oxidation sites excluding steroid dienone is 2. The second-order valence-corrected chi connectivity index (χ2v) is 10.3. The lowest BCUT2D eigenvalue weighted by molar-refractivity contribution is -0.129. The summed E-state index contributed by atoms with van der Waals surface area (Å²) in [6.07, 6.45) is 3.31. The Hall–Kier alpha value is -2.54. The number of rotatable bonds is 12. The number of hydrogen-bond donors (Lipinski definition) is 4. The summed E-state index contributed by atoms with van der Waals surface area (Å²) < 4.78 is 0. The second-order valence-electron chi connectivity index (χ2n) is 9.36. The van der Waals surface area contributed by atoms with Crippen molar-refractivity contribution >= 4 is 40.7 Å². The first-order valence-corrected chi connectivity index (χ1v) is 12.8. The van der Waals surface area contributed by atoms with Gasteiger partial charge in [0.15, 0.2) is 0 Å². The van der Waals surface area contributed by atoms with Crippen molar-refractivity contribution in [1.82, 2.24) is 10.8 Å². The Morgan fingerprint density at radius 2 is 1.63 bits per heavy atom. The molecule has 3 atom stereocenters. The van der Waals surface area contributed by atoms with E-state index in [-0.39, 0.29) is 18.2 Å². The van der Waals surface area contributed by atoms with Gasteiger partial charge in [0.05, 0.1) is 17.0 Å². The van der Waals surface area contributed by atoms with Crippen LogP contribution in [0.3, 0.4) is 0 Å². The van der Waals surface area contributed by atoms with E-state index in [9.17, 15) is 14.8 Å². The van der Waals surface area contributed by atoms with Crippen LogP contribution in [0.2, 0.25) is 5.02 Å². The van der Waals surface area contributed by atoms with Crippen LogP contribution in [0.5, 0.6) is 0 Å². The molecular formula is C27H33Cl2N3O3. The van der Waals surface area contributed by atoms with Crippen molar-refractivity contribution in [1.29, 1.82) is 0 Å². The molecule has 0 unspecified atom stereocenters. The monoisotopic (exact) mass is 517 g/mol. The number of anilines is 1. The van der Waals surface area contributed by atoms with E-state index < -0.39 is 17.3 Å². The van der Waals surface area contributed by atoms with Crippen LogP contribution in [-0.2, 0) is 16.0 Å². The molecule has 4 N–H and O–H groups in total. The van der Waals surface area contributed by atoms with Gasteiger partial charge in [0.2, 0.25) is 11.8 Å². The Labute approximate surface area is 217 Å². The molecule has 2 amide bonds. The average molecular weight is 518 g/mol. The number of para-hydroxylation sites is 1. The summed E-state index contributed by atoms with van der Waals surface area (Å²) in [5, 5.41) is 15.4. The quantitative estimate of drug-likeness (QED) is 0.215. The predicted octanol–water partition coefficient (Wildman–Crippen LogP) is 5.69. The highest BCUT2D eigenvalue weighted by Crippen LogP contribution is 2.36. The summed E-state index contributed by atoms with van der Waals surface area (Å²) >= 11 is 12.8. The van der Waals surface area contributed by atoms with Gasteiger partial charge in [0, 0.05) is 17.1 Å². The predicted molar refractivity (Wildman–Crippen MR) is 141 cm³/mol. The molecule has 3 rings (SSSR count). The fraction of sp³-hybridized carbons (Fsp3) is 0.407. The van der Waals surface area contributed by atoms with Crippen LogP contribution in [-0.4, -0.2) is 28.4 Å². The fourth-order valence-corrected chi connectivity index (χ4v) is 4.46. The van der Waals surface area contributed by atoms with Crippen molar-refractivity contribution in [2.45, 2.75) is 57.4 Å². The lowest BCUT2D eigenvalue weighted by Crippen LogP contribution is -2.49. The number of hydrogen-bond acceptors (Lipinski definition) is 4. The van der Waals surface area contributed by atoms with Crippen molar-refractivity contribution in [2.75, 3.05) is 5.32 Å². The van der Waals surface area contributed by atoms with E-state index in [1.54, 1.807) is 24.3 Å². The lowest BCUT2D eigenvalue weighted by atomic mass is 9.91. The van der Waals surface area contributed by atoms with Crippen molar-refractivity contribution in [3.8, 4) is 0 Å². The van der Waals surface area contributed by atoms with Crippen LogP contribution >= 0.6 is 23.2 Å².